The van der Waals surface area contributed by atoms with Gasteiger partial charge in [-0.1, -0.05) is 47.6 Å². The molecule has 0 fully saturated rings. The van der Waals surface area contributed by atoms with Gasteiger partial charge in [0.25, 0.3) is 5.91 Å². The lowest BCUT2D eigenvalue weighted by molar-refractivity contribution is 0.102. The number of para-hydroxylation sites is 2. The molecule has 0 bridgehead atoms. The predicted molar refractivity (Wildman–Crippen MR) is 125 cm³/mol. The number of imidazole rings is 1. The zero-order chi connectivity index (χ0) is 21.8. The van der Waals surface area contributed by atoms with Gasteiger partial charge in [-0.15, -0.1) is 0 Å². The van der Waals surface area contributed by atoms with Crippen LogP contribution in [-0.2, 0) is 5.75 Å². The summed E-state index contributed by atoms with van der Waals surface area (Å²) in [7, 11) is 3.04. The number of carbonyl (C=O) groups is 1. The Morgan fingerprint density at radius 3 is 2.52 bits per heavy atom. The van der Waals surface area contributed by atoms with Crippen molar-refractivity contribution in [2.75, 3.05) is 19.5 Å². The number of thioether (sulfide) groups is 1. The van der Waals surface area contributed by atoms with Gasteiger partial charge in [-0.3, -0.25) is 4.79 Å². The first-order valence-electron chi connectivity index (χ1n) is 9.46. The number of hydrogen-bond donors (Lipinski definition) is 2. The Balaban J connectivity index is 1.41. The number of ether oxygens (including phenoxy) is 2. The standard InChI is InChI=1S/C23H20ClN3O3S/c1-29-20-12-21(30-2)19(11-16(20)24)25-22(28)15-9-7-14(8-10-15)13-31-23-26-17-5-3-4-6-18(17)27-23/h3-12H,13H2,1-2H3,(H,25,28)(H,26,27). The molecule has 1 amide bonds. The number of benzene rings is 3. The molecule has 2 N–H and O–H groups in total. The number of aromatic nitrogens is 2. The molecule has 0 saturated heterocycles. The van der Waals surface area contributed by atoms with Crippen LogP contribution in [0.15, 0.2) is 65.8 Å². The van der Waals surface area contributed by atoms with E-state index in [0.29, 0.717) is 27.8 Å². The number of aromatic amines is 1. The van der Waals surface area contributed by atoms with Crippen LogP contribution in [-0.4, -0.2) is 30.1 Å². The highest BCUT2D eigenvalue weighted by Crippen LogP contribution is 2.36. The van der Waals surface area contributed by atoms with Gasteiger partial charge in [-0.25, -0.2) is 4.98 Å². The normalized spacial score (nSPS) is 10.8. The van der Waals surface area contributed by atoms with Crippen LogP contribution in [0.2, 0.25) is 5.02 Å². The maximum atomic E-state index is 12.7. The number of fused-ring (bicyclic) bond motifs is 1. The number of anilines is 1. The summed E-state index contributed by atoms with van der Waals surface area (Å²) >= 11 is 7.79. The zero-order valence-corrected chi connectivity index (χ0v) is 18.5. The van der Waals surface area contributed by atoms with E-state index in [9.17, 15) is 4.79 Å². The SMILES string of the molecule is COc1cc(OC)c(NC(=O)c2ccc(CSc3nc4ccccc4[nH]3)cc2)cc1Cl. The smallest absolute Gasteiger partial charge is 0.255 e. The molecule has 0 atom stereocenters. The molecule has 0 saturated carbocycles. The summed E-state index contributed by atoms with van der Waals surface area (Å²) in [6, 6.07) is 18.6. The van der Waals surface area contributed by atoms with Crippen LogP contribution in [0.5, 0.6) is 11.5 Å². The predicted octanol–water partition coefficient (Wildman–Crippen LogP) is 5.78. The Kier molecular flexibility index (Phi) is 6.34. The summed E-state index contributed by atoms with van der Waals surface area (Å²) in [6.45, 7) is 0. The molecule has 8 heteroatoms. The third-order valence-electron chi connectivity index (χ3n) is 4.68. The first-order chi connectivity index (χ1) is 15.1. The van der Waals surface area contributed by atoms with Crippen LogP contribution >= 0.6 is 23.4 Å². The van der Waals surface area contributed by atoms with Crippen molar-refractivity contribution in [3.8, 4) is 11.5 Å². The summed E-state index contributed by atoms with van der Waals surface area (Å²) in [5.41, 5.74) is 4.07. The molecule has 1 aromatic heterocycles. The molecular weight excluding hydrogens is 434 g/mol. The van der Waals surface area contributed by atoms with E-state index in [1.165, 1.54) is 14.2 Å². The van der Waals surface area contributed by atoms with Crippen molar-refractivity contribution in [2.24, 2.45) is 0 Å². The fourth-order valence-corrected chi connectivity index (χ4v) is 4.14. The molecule has 4 rings (SSSR count). The van der Waals surface area contributed by atoms with E-state index in [-0.39, 0.29) is 5.91 Å². The van der Waals surface area contributed by atoms with Crippen LogP contribution in [0.25, 0.3) is 11.0 Å². The second-order valence-electron chi connectivity index (χ2n) is 6.69. The Morgan fingerprint density at radius 1 is 1.06 bits per heavy atom. The molecule has 1 heterocycles. The molecule has 4 aromatic rings. The Morgan fingerprint density at radius 2 is 1.81 bits per heavy atom. The van der Waals surface area contributed by atoms with E-state index in [2.05, 4.69) is 15.3 Å². The molecule has 31 heavy (non-hydrogen) atoms. The minimum atomic E-state index is -0.254. The number of halogens is 1. The quantitative estimate of drug-likeness (QED) is 0.347. The van der Waals surface area contributed by atoms with E-state index >= 15 is 0 Å². The third-order valence-corrected chi connectivity index (χ3v) is 5.92. The fraction of sp³-hybridized carbons (Fsp3) is 0.130. The van der Waals surface area contributed by atoms with E-state index in [1.807, 2.05) is 36.4 Å². The van der Waals surface area contributed by atoms with E-state index < -0.39 is 0 Å². The average molecular weight is 454 g/mol. The summed E-state index contributed by atoms with van der Waals surface area (Å²) in [4.78, 5) is 20.5. The van der Waals surface area contributed by atoms with Crippen LogP contribution in [0.3, 0.4) is 0 Å². The fourth-order valence-electron chi connectivity index (χ4n) is 3.05. The van der Waals surface area contributed by atoms with Crippen molar-refractivity contribution in [3.05, 3.63) is 76.8 Å². The molecule has 0 aliphatic rings. The number of rotatable bonds is 7. The summed E-state index contributed by atoms with van der Waals surface area (Å²) in [5.74, 6) is 1.43. The minimum absolute atomic E-state index is 0.254. The molecule has 0 aliphatic heterocycles. The van der Waals surface area contributed by atoms with Gasteiger partial charge in [0.05, 0.1) is 36.0 Å². The van der Waals surface area contributed by atoms with Crippen molar-refractivity contribution < 1.29 is 14.3 Å². The number of methoxy groups -OCH3 is 2. The Bertz CT molecular complexity index is 1190. The first kappa shape index (κ1) is 21.1. The topological polar surface area (TPSA) is 76.2 Å². The molecule has 0 unspecified atom stereocenters. The van der Waals surface area contributed by atoms with Crippen molar-refractivity contribution in [2.45, 2.75) is 10.9 Å². The Labute approximate surface area is 188 Å². The van der Waals surface area contributed by atoms with Gasteiger partial charge in [0.2, 0.25) is 0 Å². The average Bonchev–Trinajstić information content (AvgIpc) is 3.21. The molecule has 158 valence electrons. The maximum absolute atomic E-state index is 12.7. The largest absolute Gasteiger partial charge is 0.495 e. The first-order valence-corrected chi connectivity index (χ1v) is 10.8. The van der Waals surface area contributed by atoms with Gasteiger partial charge in [0, 0.05) is 17.4 Å². The summed E-state index contributed by atoms with van der Waals surface area (Å²) < 4.78 is 10.5. The van der Waals surface area contributed by atoms with E-state index in [4.69, 9.17) is 21.1 Å². The lowest BCUT2D eigenvalue weighted by Gasteiger charge is -2.13. The van der Waals surface area contributed by atoms with Crippen molar-refractivity contribution in [3.63, 3.8) is 0 Å². The summed E-state index contributed by atoms with van der Waals surface area (Å²) in [6.07, 6.45) is 0. The highest BCUT2D eigenvalue weighted by molar-refractivity contribution is 7.98. The second-order valence-corrected chi connectivity index (χ2v) is 8.06. The molecule has 3 aromatic carbocycles. The number of amides is 1. The zero-order valence-electron chi connectivity index (χ0n) is 16.9. The van der Waals surface area contributed by atoms with Gasteiger partial charge in [-0.2, -0.15) is 0 Å². The van der Waals surface area contributed by atoms with Gasteiger partial charge < -0.3 is 19.8 Å². The lowest BCUT2D eigenvalue weighted by Crippen LogP contribution is -2.12. The van der Waals surface area contributed by atoms with Crippen LogP contribution in [0.1, 0.15) is 15.9 Å². The van der Waals surface area contributed by atoms with Gasteiger partial charge >= 0.3 is 0 Å². The van der Waals surface area contributed by atoms with Crippen molar-refractivity contribution in [1.82, 2.24) is 9.97 Å². The second kappa shape index (κ2) is 9.32. The van der Waals surface area contributed by atoms with Gasteiger partial charge in [0.15, 0.2) is 5.16 Å². The van der Waals surface area contributed by atoms with Gasteiger partial charge in [0.1, 0.15) is 11.5 Å². The number of carbonyl (C=O) groups excluding carboxylic acids is 1. The number of H-pyrrole nitrogens is 1. The minimum Gasteiger partial charge on any atom is -0.495 e. The van der Waals surface area contributed by atoms with Crippen molar-refractivity contribution >= 4 is 46.0 Å². The van der Waals surface area contributed by atoms with E-state index in [1.54, 1.807) is 36.0 Å². The highest BCUT2D eigenvalue weighted by Gasteiger charge is 2.14. The van der Waals surface area contributed by atoms with E-state index in [0.717, 1.165) is 27.5 Å². The maximum Gasteiger partial charge on any atom is 0.255 e. The number of nitrogens with zero attached hydrogens (tertiary/aromatic N) is 1. The molecule has 6 nitrogen and oxygen atoms in total. The van der Waals surface area contributed by atoms with Crippen LogP contribution < -0.4 is 14.8 Å². The number of nitrogens with one attached hydrogen (secondary N) is 2. The van der Waals surface area contributed by atoms with Gasteiger partial charge in [-0.05, 0) is 35.9 Å². The Hall–Kier alpha value is -3.16. The van der Waals surface area contributed by atoms with Crippen molar-refractivity contribution in [1.29, 1.82) is 0 Å². The van der Waals surface area contributed by atoms with Crippen LogP contribution in [0, 0.1) is 0 Å². The number of hydrogen-bond acceptors (Lipinski definition) is 5. The highest BCUT2D eigenvalue weighted by atomic mass is 35.5. The molecule has 0 radical (unpaired) electrons. The molecule has 0 spiro atoms. The third kappa shape index (κ3) is 4.78. The monoisotopic (exact) mass is 453 g/mol. The molecule has 0 aliphatic carbocycles. The van der Waals surface area contributed by atoms with Crippen LogP contribution in [0.4, 0.5) is 5.69 Å². The summed E-state index contributed by atoms with van der Waals surface area (Å²) in [5, 5.41) is 4.09. The molecular formula is C23H20ClN3O3S. The lowest BCUT2D eigenvalue weighted by atomic mass is 10.1.